The number of hydrogen-bond acceptors (Lipinski definition) is 4. The van der Waals surface area contributed by atoms with Gasteiger partial charge in [-0.15, -0.1) is 10.2 Å². The van der Waals surface area contributed by atoms with E-state index in [0.717, 1.165) is 26.6 Å². The highest BCUT2D eigenvalue weighted by Gasteiger charge is 2.18. The molecule has 4 nitrogen and oxygen atoms in total. The monoisotopic (exact) mass is 398 g/mol. The molecule has 0 bridgehead atoms. The van der Waals surface area contributed by atoms with E-state index in [1.807, 2.05) is 49.4 Å². The SMILES string of the molecule is C[C@H](C#N)Sc1nnc(-c2ccccc2Br)n1Cc1ccccc1. The van der Waals surface area contributed by atoms with Crippen LogP contribution in [0, 0.1) is 11.3 Å². The average Bonchev–Trinajstić information content (AvgIpc) is 2.98. The number of thioether (sulfide) groups is 1. The van der Waals surface area contributed by atoms with Crippen molar-refractivity contribution in [2.24, 2.45) is 0 Å². The summed E-state index contributed by atoms with van der Waals surface area (Å²) in [6, 6.07) is 20.4. The molecule has 6 heteroatoms. The summed E-state index contributed by atoms with van der Waals surface area (Å²) >= 11 is 5.01. The second-order valence-electron chi connectivity index (χ2n) is 5.25. The van der Waals surface area contributed by atoms with Gasteiger partial charge in [0, 0.05) is 10.0 Å². The van der Waals surface area contributed by atoms with E-state index in [4.69, 9.17) is 5.26 Å². The van der Waals surface area contributed by atoms with E-state index < -0.39 is 0 Å². The van der Waals surface area contributed by atoms with Gasteiger partial charge in [0.05, 0.1) is 17.9 Å². The molecule has 3 aromatic rings. The number of benzene rings is 2. The molecule has 0 spiro atoms. The Hall–Kier alpha value is -2.10. The van der Waals surface area contributed by atoms with Crippen molar-refractivity contribution in [3.8, 4) is 17.5 Å². The van der Waals surface area contributed by atoms with Crippen LogP contribution in [-0.2, 0) is 6.54 Å². The fourth-order valence-corrected chi connectivity index (χ4v) is 3.51. The highest BCUT2D eigenvalue weighted by Crippen LogP contribution is 2.31. The van der Waals surface area contributed by atoms with E-state index in [-0.39, 0.29) is 5.25 Å². The van der Waals surface area contributed by atoms with Crippen molar-refractivity contribution in [2.45, 2.75) is 23.9 Å². The molecule has 0 saturated heterocycles. The van der Waals surface area contributed by atoms with Gasteiger partial charge < -0.3 is 0 Å². The minimum absolute atomic E-state index is 0.184. The smallest absolute Gasteiger partial charge is 0.193 e. The van der Waals surface area contributed by atoms with Crippen LogP contribution < -0.4 is 0 Å². The van der Waals surface area contributed by atoms with Crippen molar-refractivity contribution in [1.29, 1.82) is 5.26 Å². The van der Waals surface area contributed by atoms with Crippen LogP contribution in [-0.4, -0.2) is 20.0 Å². The predicted octanol–water partition coefficient (Wildman–Crippen LogP) is 4.76. The standard InChI is InChI=1S/C18H15BrN4S/c1-13(11-20)24-18-22-21-17(15-9-5-6-10-16(15)19)23(18)12-14-7-3-2-4-8-14/h2-10,13H,12H2,1H3/t13-/m1/s1. The summed E-state index contributed by atoms with van der Waals surface area (Å²) in [6.07, 6.45) is 0. The van der Waals surface area contributed by atoms with Crippen LogP contribution in [0.1, 0.15) is 12.5 Å². The number of hydrogen-bond donors (Lipinski definition) is 0. The van der Waals surface area contributed by atoms with Crippen molar-refractivity contribution < 1.29 is 0 Å². The number of nitriles is 1. The second-order valence-corrected chi connectivity index (χ2v) is 7.41. The van der Waals surface area contributed by atoms with Crippen LogP contribution in [0.5, 0.6) is 0 Å². The van der Waals surface area contributed by atoms with Crippen LogP contribution >= 0.6 is 27.7 Å². The molecule has 3 rings (SSSR count). The number of aromatic nitrogens is 3. The van der Waals surface area contributed by atoms with E-state index in [1.54, 1.807) is 0 Å². The van der Waals surface area contributed by atoms with Crippen molar-refractivity contribution in [3.05, 3.63) is 64.6 Å². The lowest BCUT2D eigenvalue weighted by molar-refractivity contribution is 0.714. The molecule has 0 aliphatic rings. The molecule has 1 atom stereocenters. The molecular formula is C18H15BrN4S. The zero-order valence-corrected chi connectivity index (χ0v) is 15.5. The van der Waals surface area contributed by atoms with Gasteiger partial charge in [-0.1, -0.05) is 76.2 Å². The summed E-state index contributed by atoms with van der Waals surface area (Å²) < 4.78 is 3.03. The first kappa shape index (κ1) is 16.7. The molecule has 2 aromatic carbocycles. The lowest BCUT2D eigenvalue weighted by Gasteiger charge is -2.11. The van der Waals surface area contributed by atoms with Crippen LogP contribution in [0.4, 0.5) is 0 Å². The van der Waals surface area contributed by atoms with Gasteiger partial charge in [-0.3, -0.25) is 4.57 Å². The molecule has 0 radical (unpaired) electrons. The molecule has 1 heterocycles. The third kappa shape index (κ3) is 3.69. The summed E-state index contributed by atoms with van der Waals surface area (Å²) in [4.78, 5) is 0. The van der Waals surface area contributed by atoms with Crippen molar-refractivity contribution >= 4 is 27.7 Å². The lowest BCUT2D eigenvalue weighted by Crippen LogP contribution is -2.05. The topological polar surface area (TPSA) is 54.5 Å². The Labute approximate surface area is 153 Å². The Morgan fingerprint density at radius 2 is 1.83 bits per heavy atom. The zero-order chi connectivity index (χ0) is 16.9. The lowest BCUT2D eigenvalue weighted by atomic mass is 10.2. The van der Waals surface area contributed by atoms with Gasteiger partial charge in [-0.2, -0.15) is 5.26 Å². The molecule has 0 aliphatic carbocycles. The van der Waals surface area contributed by atoms with Gasteiger partial charge >= 0.3 is 0 Å². The Kier molecular flexibility index (Phi) is 5.34. The minimum Gasteiger partial charge on any atom is -0.297 e. The quantitative estimate of drug-likeness (QED) is 0.581. The first-order valence-corrected chi connectivity index (χ1v) is 9.14. The van der Waals surface area contributed by atoms with E-state index in [0.29, 0.717) is 6.54 Å². The molecule has 0 N–H and O–H groups in total. The van der Waals surface area contributed by atoms with E-state index in [9.17, 15) is 0 Å². The first-order valence-electron chi connectivity index (χ1n) is 7.47. The number of rotatable bonds is 5. The van der Waals surface area contributed by atoms with Crippen molar-refractivity contribution in [1.82, 2.24) is 14.8 Å². The van der Waals surface area contributed by atoms with Crippen LogP contribution in [0.15, 0.2) is 64.2 Å². The number of nitrogens with zero attached hydrogens (tertiary/aromatic N) is 4. The largest absolute Gasteiger partial charge is 0.297 e. The molecule has 1 aromatic heterocycles. The summed E-state index contributed by atoms with van der Waals surface area (Å²) in [6.45, 7) is 2.52. The Morgan fingerprint density at radius 3 is 2.54 bits per heavy atom. The molecule has 0 unspecified atom stereocenters. The molecule has 0 amide bonds. The maximum Gasteiger partial charge on any atom is 0.193 e. The third-order valence-electron chi connectivity index (χ3n) is 3.48. The maximum absolute atomic E-state index is 9.11. The molecule has 120 valence electrons. The zero-order valence-electron chi connectivity index (χ0n) is 13.1. The number of halogens is 1. The van der Waals surface area contributed by atoms with E-state index in [2.05, 4.69) is 48.9 Å². The van der Waals surface area contributed by atoms with Gasteiger partial charge in [-0.05, 0) is 18.6 Å². The highest BCUT2D eigenvalue weighted by molar-refractivity contribution is 9.10. The van der Waals surface area contributed by atoms with Gasteiger partial charge in [0.1, 0.15) is 0 Å². The maximum atomic E-state index is 9.11. The van der Waals surface area contributed by atoms with Crippen LogP contribution in [0.3, 0.4) is 0 Å². The molecule has 0 aliphatic heterocycles. The second kappa shape index (κ2) is 7.65. The third-order valence-corrected chi connectivity index (χ3v) is 5.14. The summed E-state index contributed by atoms with van der Waals surface area (Å²) in [5.41, 5.74) is 2.15. The van der Waals surface area contributed by atoms with Gasteiger partial charge in [0.25, 0.3) is 0 Å². The summed E-state index contributed by atoms with van der Waals surface area (Å²) in [7, 11) is 0. The summed E-state index contributed by atoms with van der Waals surface area (Å²) in [5, 5.41) is 18.4. The normalized spacial score (nSPS) is 11.9. The fourth-order valence-electron chi connectivity index (χ4n) is 2.31. The Bertz CT molecular complexity index is 870. The Balaban J connectivity index is 2.06. The van der Waals surface area contributed by atoms with Crippen LogP contribution in [0.25, 0.3) is 11.4 Å². The molecule has 24 heavy (non-hydrogen) atoms. The van der Waals surface area contributed by atoms with Gasteiger partial charge in [-0.25, -0.2) is 0 Å². The fraction of sp³-hybridized carbons (Fsp3) is 0.167. The minimum atomic E-state index is -0.184. The van der Waals surface area contributed by atoms with Gasteiger partial charge in [0.15, 0.2) is 11.0 Å². The van der Waals surface area contributed by atoms with E-state index in [1.165, 1.54) is 11.8 Å². The highest BCUT2D eigenvalue weighted by atomic mass is 79.9. The predicted molar refractivity (Wildman–Crippen MR) is 99.6 cm³/mol. The van der Waals surface area contributed by atoms with Crippen LogP contribution in [0.2, 0.25) is 0 Å². The van der Waals surface area contributed by atoms with Gasteiger partial charge in [0.2, 0.25) is 0 Å². The molecule has 0 saturated carbocycles. The first-order chi connectivity index (χ1) is 11.7. The molecular weight excluding hydrogens is 384 g/mol. The average molecular weight is 399 g/mol. The van der Waals surface area contributed by atoms with Crippen molar-refractivity contribution in [3.63, 3.8) is 0 Å². The van der Waals surface area contributed by atoms with Crippen molar-refractivity contribution in [2.75, 3.05) is 0 Å². The van der Waals surface area contributed by atoms with E-state index >= 15 is 0 Å². The Morgan fingerprint density at radius 1 is 1.12 bits per heavy atom. The summed E-state index contributed by atoms with van der Waals surface area (Å²) in [5.74, 6) is 0.791. The molecule has 0 fully saturated rings.